The van der Waals surface area contributed by atoms with Crippen molar-refractivity contribution < 1.29 is 28.8 Å². The smallest absolute Gasteiger partial charge is 0.252 e. The summed E-state index contributed by atoms with van der Waals surface area (Å²) in [5.41, 5.74) is -0.816. The monoisotopic (exact) mass is 388 g/mol. The Balaban J connectivity index is 0.00000243. The zero-order valence-electron chi connectivity index (χ0n) is 14.7. The second kappa shape index (κ2) is 9.27. The number of ether oxygens (including phenoxy) is 4. The molecule has 26 heavy (non-hydrogen) atoms. The van der Waals surface area contributed by atoms with E-state index in [1.165, 1.54) is 0 Å². The van der Waals surface area contributed by atoms with Gasteiger partial charge in [0.05, 0.1) is 0 Å². The molecule has 2 aliphatic heterocycles. The molecule has 0 radical (unpaired) electrons. The van der Waals surface area contributed by atoms with Gasteiger partial charge in [-0.05, 0) is 38.1 Å². The largest absolute Gasteiger partial charge is 0.491 e. The van der Waals surface area contributed by atoms with Crippen LogP contribution in [-0.4, -0.2) is 62.9 Å². The number of halogens is 1. The molecule has 3 rings (SSSR count). The van der Waals surface area contributed by atoms with Crippen LogP contribution in [0.5, 0.6) is 17.2 Å². The number of nitrogens with one attached hydrogen (secondary N) is 2. The molecule has 1 aromatic carbocycles. The molecule has 2 heterocycles. The maximum atomic E-state index is 12.4. The Bertz CT molecular complexity index is 609. The fourth-order valence-electron chi connectivity index (χ4n) is 2.94. The molecule has 1 saturated heterocycles. The van der Waals surface area contributed by atoms with Crippen molar-refractivity contribution in [2.45, 2.75) is 24.5 Å². The Hall–Kier alpha value is -1.74. The van der Waals surface area contributed by atoms with Crippen LogP contribution in [-0.2, 0) is 9.53 Å². The van der Waals surface area contributed by atoms with Crippen molar-refractivity contribution in [1.82, 2.24) is 10.6 Å². The molecular weight excluding hydrogens is 364 g/mol. The molecule has 1 amide bonds. The summed E-state index contributed by atoms with van der Waals surface area (Å²) in [6.07, 6.45) is 0.392. The van der Waals surface area contributed by atoms with Gasteiger partial charge >= 0.3 is 0 Å². The van der Waals surface area contributed by atoms with Crippen LogP contribution in [0, 0.1) is 0 Å². The number of aliphatic hydroxyl groups excluding tert-OH is 1. The SMILES string of the molecule is COC1(C(=O)NCC(O)COc2ccc3c(c2)OCO3)CCNCC1.Cl. The van der Waals surface area contributed by atoms with Crippen LogP contribution in [0.3, 0.4) is 0 Å². The fourth-order valence-corrected chi connectivity index (χ4v) is 2.94. The predicted molar refractivity (Wildman–Crippen MR) is 96.2 cm³/mol. The highest BCUT2D eigenvalue weighted by Gasteiger charge is 2.39. The maximum Gasteiger partial charge on any atom is 0.252 e. The topological polar surface area (TPSA) is 98.3 Å². The van der Waals surface area contributed by atoms with E-state index in [0.29, 0.717) is 30.1 Å². The summed E-state index contributed by atoms with van der Waals surface area (Å²) < 4.78 is 21.5. The average molecular weight is 389 g/mol. The lowest BCUT2D eigenvalue weighted by atomic mass is 9.91. The highest BCUT2D eigenvalue weighted by molar-refractivity contribution is 5.85. The molecule has 1 unspecified atom stereocenters. The van der Waals surface area contributed by atoms with Crippen LogP contribution in [0.1, 0.15) is 12.8 Å². The lowest BCUT2D eigenvalue weighted by Gasteiger charge is -2.35. The Morgan fingerprint density at radius 3 is 2.81 bits per heavy atom. The van der Waals surface area contributed by atoms with Gasteiger partial charge in [-0.3, -0.25) is 4.79 Å². The maximum absolute atomic E-state index is 12.4. The summed E-state index contributed by atoms with van der Waals surface area (Å²) in [5, 5.41) is 16.0. The van der Waals surface area contributed by atoms with E-state index >= 15 is 0 Å². The third kappa shape index (κ3) is 4.70. The molecule has 1 atom stereocenters. The summed E-state index contributed by atoms with van der Waals surface area (Å²) in [5.74, 6) is 1.67. The molecule has 146 valence electrons. The first-order valence-corrected chi connectivity index (χ1v) is 8.38. The number of methoxy groups -OCH3 is 1. The molecule has 1 fully saturated rings. The van der Waals surface area contributed by atoms with Gasteiger partial charge in [-0.15, -0.1) is 12.4 Å². The molecule has 0 spiro atoms. The molecule has 2 aliphatic rings. The van der Waals surface area contributed by atoms with Crippen molar-refractivity contribution in [3.05, 3.63) is 18.2 Å². The number of aliphatic hydroxyl groups is 1. The van der Waals surface area contributed by atoms with Gasteiger partial charge in [-0.25, -0.2) is 0 Å². The molecule has 0 saturated carbocycles. The Kier molecular flexibility index (Phi) is 7.33. The van der Waals surface area contributed by atoms with E-state index in [9.17, 15) is 9.90 Å². The van der Waals surface area contributed by atoms with Crippen molar-refractivity contribution in [2.75, 3.05) is 40.1 Å². The average Bonchev–Trinajstić information content (AvgIpc) is 3.12. The van der Waals surface area contributed by atoms with E-state index in [1.54, 1.807) is 25.3 Å². The number of rotatable bonds is 7. The predicted octanol–water partition coefficient (Wildman–Crippen LogP) is 0.462. The molecular formula is C17H25ClN2O6. The van der Waals surface area contributed by atoms with Crippen molar-refractivity contribution in [1.29, 1.82) is 0 Å². The van der Waals surface area contributed by atoms with Crippen molar-refractivity contribution in [2.24, 2.45) is 0 Å². The summed E-state index contributed by atoms with van der Waals surface area (Å²) in [6.45, 7) is 1.82. The van der Waals surface area contributed by atoms with Crippen LogP contribution in [0.2, 0.25) is 0 Å². The first kappa shape index (κ1) is 20.6. The molecule has 0 bridgehead atoms. The van der Waals surface area contributed by atoms with Gasteiger partial charge in [0, 0.05) is 19.7 Å². The van der Waals surface area contributed by atoms with Gasteiger partial charge in [0.25, 0.3) is 5.91 Å². The lowest BCUT2D eigenvalue weighted by Crippen LogP contribution is -2.55. The second-order valence-electron chi connectivity index (χ2n) is 6.14. The Labute approximate surface area is 158 Å². The van der Waals surface area contributed by atoms with E-state index < -0.39 is 11.7 Å². The minimum absolute atomic E-state index is 0. The number of hydrogen-bond donors (Lipinski definition) is 3. The van der Waals surface area contributed by atoms with Crippen LogP contribution < -0.4 is 24.8 Å². The number of hydrogen-bond acceptors (Lipinski definition) is 7. The van der Waals surface area contributed by atoms with Crippen molar-refractivity contribution >= 4 is 18.3 Å². The quantitative estimate of drug-likeness (QED) is 0.624. The normalized spacial score (nSPS) is 18.5. The van der Waals surface area contributed by atoms with Gasteiger partial charge in [-0.2, -0.15) is 0 Å². The highest BCUT2D eigenvalue weighted by atomic mass is 35.5. The zero-order chi connectivity index (χ0) is 17.7. The number of fused-ring (bicyclic) bond motifs is 1. The summed E-state index contributed by atoms with van der Waals surface area (Å²) in [6, 6.07) is 5.21. The Morgan fingerprint density at radius 1 is 1.35 bits per heavy atom. The fraction of sp³-hybridized carbons (Fsp3) is 0.588. The van der Waals surface area contributed by atoms with Crippen LogP contribution >= 0.6 is 12.4 Å². The van der Waals surface area contributed by atoms with E-state index in [4.69, 9.17) is 18.9 Å². The molecule has 1 aromatic rings. The Morgan fingerprint density at radius 2 is 2.08 bits per heavy atom. The lowest BCUT2D eigenvalue weighted by molar-refractivity contribution is -0.147. The van der Waals surface area contributed by atoms with Gasteiger partial charge in [-0.1, -0.05) is 0 Å². The number of carbonyl (C=O) groups is 1. The third-order valence-electron chi connectivity index (χ3n) is 4.50. The second-order valence-corrected chi connectivity index (χ2v) is 6.14. The minimum atomic E-state index is -0.829. The molecule has 0 aromatic heterocycles. The van der Waals surface area contributed by atoms with E-state index in [1.807, 2.05) is 0 Å². The minimum Gasteiger partial charge on any atom is -0.491 e. The zero-order valence-corrected chi connectivity index (χ0v) is 15.5. The number of benzene rings is 1. The first-order valence-electron chi connectivity index (χ1n) is 8.38. The van der Waals surface area contributed by atoms with Crippen molar-refractivity contribution in [3.8, 4) is 17.2 Å². The van der Waals surface area contributed by atoms with Gasteiger partial charge < -0.3 is 34.7 Å². The number of carbonyl (C=O) groups excluding carboxylic acids is 1. The molecule has 3 N–H and O–H groups in total. The third-order valence-corrected chi connectivity index (χ3v) is 4.50. The van der Waals surface area contributed by atoms with Gasteiger partial charge in [0.1, 0.15) is 24.1 Å². The summed E-state index contributed by atoms with van der Waals surface area (Å²) >= 11 is 0. The molecule has 0 aliphatic carbocycles. The van der Waals surface area contributed by atoms with Crippen LogP contribution in [0.25, 0.3) is 0 Å². The van der Waals surface area contributed by atoms with E-state index in [2.05, 4.69) is 10.6 Å². The van der Waals surface area contributed by atoms with E-state index in [0.717, 1.165) is 13.1 Å². The summed E-state index contributed by atoms with van der Waals surface area (Å²) in [7, 11) is 1.55. The summed E-state index contributed by atoms with van der Waals surface area (Å²) in [4.78, 5) is 12.4. The number of piperidine rings is 1. The molecule has 9 heteroatoms. The standard InChI is InChI=1S/C17H24N2O6.ClH/c1-22-17(4-6-18-7-5-17)16(21)19-9-12(20)10-23-13-2-3-14-15(8-13)25-11-24-14;/h2-3,8,12,18,20H,4-7,9-11H2,1H3,(H,19,21);1H. The van der Waals surface area contributed by atoms with Crippen molar-refractivity contribution in [3.63, 3.8) is 0 Å². The molecule has 8 nitrogen and oxygen atoms in total. The number of amides is 1. The van der Waals surface area contributed by atoms with Gasteiger partial charge in [0.15, 0.2) is 11.5 Å². The van der Waals surface area contributed by atoms with Crippen LogP contribution in [0.15, 0.2) is 18.2 Å². The highest BCUT2D eigenvalue weighted by Crippen LogP contribution is 2.35. The van der Waals surface area contributed by atoms with Crippen LogP contribution in [0.4, 0.5) is 0 Å². The van der Waals surface area contributed by atoms with E-state index in [-0.39, 0.29) is 38.3 Å². The van der Waals surface area contributed by atoms with Gasteiger partial charge in [0.2, 0.25) is 6.79 Å². The first-order chi connectivity index (χ1) is 12.1.